The normalized spacial score (nSPS) is 10.5. The van der Waals surface area contributed by atoms with Gasteiger partial charge in [0.05, 0.1) is 0 Å². The quantitative estimate of drug-likeness (QED) is 0.604. The van der Waals surface area contributed by atoms with Crippen molar-refractivity contribution in [2.45, 2.75) is 19.8 Å². The van der Waals surface area contributed by atoms with Crippen molar-refractivity contribution in [3.63, 3.8) is 0 Å². The van der Waals surface area contributed by atoms with Crippen LogP contribution in [0.1, 0.15) is 27.4 Å². The van der Waals surface area contributed by atoms with E-state index in [4.69, 9.17) is 11.6 Å². The molecule has 3 rings (SSSR count). The molecule has 1 aromatic heterocycles. The number of anilines is 1. The summed E-state index contributed by atoms with van der Waals surface area (Å²) in [5, 5.41) is 6.87. The second kappa shape index (κ2) is 9.85. The van der Waals surface area contributed by atoms with Gasteiger partial charge in [-0.25, -0.2) is 9.97 Å². The highest BCUT2D eigenvalue weighted by Crippen LogP contribution is 2.11. The van der Waals surface area contributed by atoms with Crippen molar-refractivity contribution < 1.29 is 4.79 Å². The van der Waals surface area contributed by atoms with Crippen LogP contribution < -0.4 is 10.6 Å². The smallest absolute Gasteiger partial charge is 0.270 e. The molecular weight excluding hydrogens is 372 g/mol. The molecule has 0 fully saturated rings. The number of hydrogen-bond acceptors (Lipinski definition) is 4. The van der Waals surface area contributed by atoms with Crippen LogP contribution >= 0.6 is 11.6 Å². The number of nitrogens with one attached hydrogen (secondary N) is 2. The molecule has 144 valence electrons. The van der Waals surface area contributed by atoms with E-state index in [0.29, 0.717) is 35.3 Å². The predicted molar refractivity (Wildman–Crippen MR) is 113 cm³/mol. The molecule has 0 aliphatic carbocycles. The average molecular weight is 395 g/mol. The first kappa shape index (κ1) is 19.8. The van der Waals surface area contributed by atoms with Crippen molar-refractivity contribution in [1.29, 1.82) is 0 Å². The Morgan fingerprint density at radius 1 is 0.929 bits per heavy atom. The lowest BCUT2D eigenvalue weighted by atomic mass is 10.1. The summed E-state index contributed by atoms with van der Waals surface area (Å²) >= 11 is 5.99. The van der Waals surface area contributed by atoms with Gasteiger partial charge in [-0.2, -0.15) is 0 Å². The van der Waals surface area contributed by atoms with E-state index in [-0.39, 0.29) is 5.91 Å². The standard InChI is InChI=1S/C22H23ClN4O/c1-16-26-20(22(28)25-13-11-18-8-5-9-19(23)14-18)15-21(27-16)24-12-10-17-6-3-2-4-7-17/h2-9,14-15H,10-13H2,1H3,(H,25,28)(H,24,26,27). The Morgan fingerprint density at radius 3 is 2.46 bits per heavy atom. The van der Waals surface area contributed by atoms with Crippen LogP contribution in [0.5, 0.6) is 0 Å². The summed E-state index contributed by atoms with van der Waals surface area (Å²) in [6.07, 6.45) is 1.59. The number of carbonyl (C=O) groups is 1. The summed E-state index contributed by atoms with van der Waals surface area (Å²) in [5.41, 5.74) is 2.69. The SMILES string of the molecule is Cc1nc(NCCc2ccccc2)cc(C(=O)NCCc2cccc(Cl)c2)n1. The minimum atomic E-state index is -0.210. The van der Waals surface area contributed by atoms with Gasteiger partial charge >= 0.3 is 0 Å². The molecule has 28 heavy (non-hydrogen) atoms. The van der Waals surface area contributed by atoms with E-state index < -0.39 is 0 Å². The van der Waals surface area contributed by atoms with Crippen molar-refractivity contribution in [1.82, 2.24) is 15.3 Å². The summed E-state index contributed by atoms with van der Waals surface area (Å²) in [6, 6.07) is 19.5. The van der Waals surface area contributed by atoms with E-state index in [9.17, 15) is 4.79 Å². The predicted octanol–water partition coefficient (Wildman–Crippen LogP) is 4.07. The van der Waals surface area contributed by atoms with E-state index in [1.807, 2.05) is 42.5 Å². The van der Waals surface area contributed by atoms with Crippen LogP contribution in [0.4, 0.5) is 5.82 Å². The molecule has 0 bridgehead atoms. The largest absolute Gasteiger partial charge is 0.370 e. The maximum Gasteiger partial charge on any atom is 0.270 e. The van der Waals surface area contributed by atoms with Gasteiger partial charge in [0.15, 0.2) is 0 Å². The van der Waals surface area contributed by atoms with Crippen molar-refractivity contribution in [3.05, 3.63) is 88.3 Å². The van der Waals surface area contributed by atoms with Gasteiger partial charge in [-0.1, -0.05) is 54.1 Å². The first-order valence-corrected chi connectivity index (χ1v) is 9.64. The molecule has 5 nitrogen and oxygen atoms in total. The van der Waals surface area contributed by atoms with Crippen molar-refractivity contribution in [2.24, 2.45) is 0 Å². The molecule has 0 saturated heterocycles. The summed E-state index contributed by atoms with van der Waals surface area (Å²) < 4.78 is 0. The topological polar surface area (TPSA) is 66.9 Å². The van der Waals surface area contributed by atoms with Crippen LogP contribution in [-0.4, -0.2) is 29.0 Å². The second-order valence-electron chi connectivity index (χ2n) is 6.48. The van der Waals surface area contributed by atoms with E-state index in [1.54, 1.807) is 13.0 Å². The molecular formula is C22H23ClN4O. The average Bonchev–Trinajstić information content (AvgIpc) is 2.68. The number of aryl methyl sites for hydroxylation is 1. The van der Waals surface area contributed by atoms with Crippen LogP contribution in [0, 0.1) is 6.92 Å². The van der Waals surface area contributed by atoms with Crippen molar-refractivity contribution in [3.8, 4) is 0 Å². The van der Waals surface area contributed by atoms with Crippen molar-refractivity contribution >= 4 is 23.3 Å². The minimum Gasteiger partial charge on any atom is -0.370 e. The fraction of sp³-hybridized carbons (Fsp3) is 0.227. The lowest BCUT2D eigenvalue weighted by molar-refractivity contribution is 0.0949. The number of rotatable bonds is 8. The Morgan fingerprint density at radius 2 is 1.68 bits per heavy atom. The number of amides is 1. The van der Waals surface area contributed by atoms with Crippen LogP contribution in [0.25, 0.3) is 0 Å². The fourth-order valence-corrected chi connectivity index (χ4v) is 3.07. The number of benzene rings is 2. The van der Waals surface area contributed by atoms with Crippen LogP contribution in [0.2, 0.25) is 5.02 Å². The molecule has 0 saturated carbocycles. The zero-order valence-electron chi connectivity index (χ0n) is 15.8. The summed E-state index contributed by atoms with van der Waals surface area (Å²) in [6.45, 7) is 3.03. The molecule has 2 aromatic carbocycles. The van der Waals surface area contributed by atoms with Crippen molar-refractivity contribution in [2.75, 3.05) is 18.4 Å². The maximum absolute atomic E-state index is 12.4. The van der Waals surface area contributed by atoms with Crippen LogP contribution in [-0.2, 0) is 12.8 Å². The highest BCUT2D eigenvalue weighted by atomic mass is 35.5. The van der Waals surface area contributed by atoms with Crippen LogP contribution in [0.15, 0.2) is 60.7 Å². The Balaban J connectivity index is 1.53. The first-order valence-electron chi connectivity index (χ1n) is 9.26. The number of carbonyl (C=O) groups excluding carboxylic acids is 1. The van der Waals surface area contributed by atoms with Crippen LogP contribution in [0.3, 0.4) is 0 Å². The fourth-order valence-electron chi connectivity index (χ4n) is 2.86. The van der Waals surface area contributed by atoms with E-state index in [2.05, 4.69) is 32.7 Å². The van der Waals surface area contributed by atoms with E-state index in [0.717, 1.165) is 18.5 Å². The highest BCUT2D eigenvalue weighted by molar-refractivity contribution is 6.30. The molecule has 0 unspecified atom stereocenters. The van der Waals surface area contributed by atoms with Gasteiger partial charge < -0.3 is 10.6 Å². The van der Waals surface area contributed by atoms with Gasteiger partial charge in [0.2, 0.25) is 0 Å². The minimum absolute atomic E-state index is 0.210. The van der Waals surface area contributed by atoms with Gasteiger partial charge in [-0.05, 0) is 43.0 Å². The highest BCUT2D eigenvalue weighted by Gasteiger charge is 2.10. The Bertz CT molecular complexity index is 931. The van der Waals surface area contributed by atoms with Gasteiger partial charge in [-0.15, -0.1) is 0 Å². The summed E-state index contributed by atoms with van der Waals surface area (Å²) in [4.78, 5) is 21.1. The lowest BCUT2D eigenvalue weighted by Crippen LogP contribution is -2.27. The van der Waals surface area contributed by atoms with E-state index >= 15 is 0 Å². The lowest BCUT2D eigenvalue weighted by Gasteiger charge is -2.09. The van der Waals surface area contributed by atoms with Gasteiger partial charge in [-0.3, -0.25) is 4.79 Å². The molecule has 6 heteroatoms. The second-order valence-corrected chi connectivity index (χ2v) is 6.92. The Labute approximate surface area is 170 Å². The first-order chi connectivity index (χ1) is 13.6. The zero-order valence-corrected chi connectivity index (χ0v) is 16.5. The number of hydrogen-bond donors (Lipinski definition) is 2. The molecule has 0 atom stereocenters. The Kier molecular flexibility index (Phi) is 6.98. The van der Waals surface area contributed by atoms with E-state index in [1.165, 1.54) is 5.56 Å². The molecule has 0 aliphatic rings. The molecule has 1 heterocycles. The number of halogens is 1. The third kappa shape index (κ3) is 6.06. The summed E-state index contributed by atoms with van der Waals surface area (Å²) in [7, 11) is 0. The monoisotopic (exact) mass is 394 g/mol. The van der Waals surface area contributed by atoms with Gasteiger partial charge in [0.1, 0.15) is 17.3 Å². The van der Waals surface area contributed by atoms with Gasteiger partial charge in [0, 0.05) is 24.2 Å². The molecule has 3 aromatic rings. The number of aromatic nitrogens is 2. The molecule has 0 spiro atoms. The third-order valence-corrected chi connectivity index (χ3v) is 4.46. The van der Waals surface area contributed by atoms with Gasteiger partial charge in [0.25, 0.3) is 5.91 Å². The molecule has 1 amide bonds. The molecule has 0 aliphatic heterocycles. The molecule has 0 radical (unpaired) electrons. The third-order valence-electron chi connectivity index (χ3n) is 4.22. The zero-order chi connectivity index (χ0) is 19.8. The Hall–Kier alpha value is -2.92. The number of nitrogens with zero attached hydrogens (tertiary/aromatic N) is 2. The maximum atomic E-state index is 12.4. The molecule has 2 N–H and O–H groups in total. The summed E-state index contributed by atoms with van der Waals surface area (Å²) in [5.74, 6) is 1.01.